The van der Waals surface area contributed by atoms with Gasteiger partial charge in [0, 0.05) is 16.5 Å². The van der Waals surface area contributed by atoms with Crippen LogP contribution in [0.1, 0.15) is 40.0 Å². The third-order valence-corrected chi connectivity index (χ3v) is 4.70. The molecule has 0 bridgehead atoms. The average molecular weight is 294 g/mol. The van der Waals surface area contributed by atoms with E-state index in [1.807, 2.05) is 13.8 Å². The molecule has 1 N–H and O–H groups in total. The van der Waals surface area contributed by atoms with E-state index >= 15 is 0 Å². The molecule has 1 aromatic heterocycles. The fourth-order valence-corrected chi connectivity index (χ4v) is 3.16. The van der Waals surface area contributed by atoms with E-state index in [-0.39, 0.29) is 5.56 Å². The Morgan fingerprint density at radius 2 is 1.90 bits per heavy atom. The highest BCUT2D eigenvalue weighted by atomic mass is 32.1. The molecule has 3 rings (SSSR count). The standard InChI is InChI=1S/C15H16F2N2S/c1-8-9(2)20-15(18-8)14(19-10-6-7-10)13-11(16)4-3-5-12(13)17/h3-5,10,14,19H,6-7H2,1-2H3. The van der Waals surface area contributed by atoms with Gasteiger partial charge in [0.05, 0.1) is 11.7 Å². The summed E-state index contributed by atoms with van der Waals surface area (Å²) in [6.45, 7) is 3.89. The molecule has 1 aromatic carbocycles. The number of aryl methyl sites for hydroxylation is 2. The van der Waals surface area contributed by atoms with Crippen molar-refractivity contribution in [1.29, 1.82) is 0 Å². The van der Waals surface area contributed by atoms with E-state index in [1.54, 1.807) is 0 Å². The highest BCUT2D eigenvalue weighted by molar-refractivity contribution is 7.11. The maximum atomic E-state index is 14.1. The van der Waals surface area contributed by atoms with Crippen LogP contribution in [0.3, 0.4) is 0 Å². The van der Waals surface area contributed by atoms with Crippen molar-refractivity contribution in [1.82, 2.24) is 10.3 Å². The van der Waals surface area contributed by atoms with Gasteiger partial charge in [-0.1, -0.05) is 6.07 Å². The Balaban J connectivity index is 2.05. The van der Waals surface area contributed by atoms with Crippen LogP contribution < -0.4 is 5.32 Å². The minimum absolute atomic E-state index is 0.0770. The number of nitrogens with one attached hydrogen (secondary N) is 1. The van der Waals surface area contributed by atoms with Crippen molar-refractivity contribution < 1.29 is 8.78 Å². The first kappa shape index (κ1) is 13.6. The van der Waals surface area contributed by atoms with Crippen LogP contribution in [0.25, 0.3) is 0 Å². The summed E-state index contributed by atoms with van der Waals surface area (Å²) < 4.78 is 28.1. The van der Waals surface area contributed by atoms with Crippen molar-refractivity contribution in [2.45, 2.75) is 38.8 Å². The second-order valence-corrected chi connectivity index (χ2v) is 6.44. The van der Waals surface area contributed by atoms with Gasteiger partial charge in [0.2, 0.25) is 0 Å². The predicted molar refractivity (Wildman–Crippen MR) is 75.9 cm³/mol. The van der Waals surface area contributed by atoms with Gasteiger partial charge in [-0.15, -0.1) is 11.3 Å². The maximum Gasteiger partial charge on any atom is 0.131 e. The Kier molecular flexibility index (Phi) is 3.56. The van der Waals surface area contributed by atoms with Gasteiger partial charge in [-0.3, -0.25) is 0 Å². The zero-order chi connectivity index (χ0) is 14.3. The lowest BCUT2D eigenvalue weighted by Gasteiger charge is -2.18. The number of hydrogen-bond donors (Lipinski definition) is 1. The highest BCUT2D eigenvalue weighted by Gasteiger charge is 2.31. The highest BCUT2D eigenvalue weighted by Crippen LogP contribution is 2.34. The number of benzene rings is 1. The zero-order valence-electron chi connectivity index (χ0n) is 11.4. The van der Waals surface area contributed by atoms with Gasteiger partial charge in [0.1, 0.15) is 16.6 Å². The fourth-order valence-electron chi connectivity index (χ4n) is 2.17. The summed E-state index contributed by atoms with van der Waals surface area (Å²) in [7, 11) is 0. The molecule has 5 heteroatoms. The summed E-state index contributed by atoms with van der Waals surface area (Å²) in [6, 6.07) is 3.83. The van der Waals surface area contributed by atoms with E-state index in [4.69, 9.17) is 0 Å². The molecule has 20 heavy (non-hydrogen) atoms. The summed E-state index contributed by atoms with van der Waals surface area (Å²) in [6.07, 6.45) is 2.10. The minimum Gasteiger partial charge on any atom is -0.301 e. The van der Waals surface area contributed by atoms with Gasteiger partial charge < -0.3 is 5.32 Å². The van der Waals surface area contributed by atoms with Crippen LogP contribution in [0.2, 0.25) is 0 Å². The second kappa shape index (κ2) is 5.22. The van der Waals surface area contributed by atoms with E-state index in [9.17, 15) is 8.78 Å². The first-order chi connectivity index (χ1) is 9.56. The van der Waals surface area contributed by atoms with Crippen LogP contribution >= 0.6 is 11.3 Å². The second-order valence-electron chi connectivity index (χ2n) is 5.20. The molecule has 2 aromatic rings. The Morgan fingerprint density at radius 1 is 1.25 bits per heavy atom. The SMILES string of the molecule is Cc1nc(C(NC2CC2)c2c(F)cccc2F)sc1C. The van der Waals surface area contributed by atoms with Crippen LogP contribution in [0, 0.1) is 25.5 Å². The molecular weight excluding hydrogens is 278 g/mol. The number of aromatic nitrogens is 1. The van der Waals surface area contributed by atoms with Crippen LogP contribution in [-0.2, 0) is 0 Å². The molecule has 1 fully saturated rings. The van der Waals surface area contributed by atoms with Gasteiger partial charge in [0.15, 0.2) is 0 Å². The van der Waals surface area contributed by atoms with Crippen molar-refractivity contribution in [2.24, 2.45) is 0 Å². The maximum absolute atomic E-state index is 14.1. The van der Waals surface area contributed by atoms with Crippen LogP contribution in [-0.4, -0.2) is 11.0 Å². The summed E-state index contributed by atoms with van der Waals surface area (Å²) in [4.78, 5) is 5.56. The summed E-state index contributed by atoms with van der Waals surface area (Å²) in [5.74, 6) is -1.04. The number of hydrogen-bond acceptors (Lipinski definition) is 3. The van der Waals surface area contributed by atoms with Gasteiger partial charge in [-0.25, -0.2) is 13.8 Å². The van der Waals surface area contributed by atoms with Crippen LogP contribution in [0.15, 0.2) is 18.2 Å². The fraction of sp³-hybridized carbons (Fsp3) is 0.400. The lowest BCUT2D eigenvalue weighted by molar-refractivity contribution is 0.500. The molecule has 1 aliphatic carbocycles. The Bertz CT molecular complexity index is 595. The van der Waals surface area contributed by atoms with Gasteiger partial charge >= 0.3 is 0 Å². The third kappa shape index (κ3) is 2.60. The van der Waals surface area contributed by atoms with E-state index in [1.165, 1.54) is 29.5 Å². The zero-order valence-corrected chi connectivity index (χ0v) is 12.2. The van der Waals surface area contributed by atoms with Crippen LogP contribution in [0.4, 0.5) is 8.78 Å². The molecule has 1 saturated carbocycles. The molecule has 1 atom stereocenters. The lowest BCUT2D eigenvalue weighted by Crippen LogP contribution is -2.26. The average Bonchev–Trinajstić information content (AvgIpc) is 3.14. The van der Waals surface area contributed by atoms with Gasteiger partial charge in [-0.05, 0) is 38.8 Å². The van der Waals surface area contributed by atoms with Crippen molar-refractivity contribution in [3.63, 3.8) is 0 Å². The molecule has 106 valence electrons. The quantitative estimate of drug-likeness (QED) is 0.925. The molecule has 0 saturated heterocycles. The monoisotopic (exact) mass is 294 g/mol. The molecule has 0 radical (unpaired) electrons. The van der Waals surface area contributed by atoms with Crippen molar-refractivity contribution in [2.75, 3.05) is 0 Å². The predicted octanol–water partition coefficient (Wildman–Crippen LogP) is 3.88. The van der Waals surface area contributed by atoms with Gasteiger partial charge in [0.25, 0.3) is 0 Å². The van der Waals surface area contributed by atoms with Crippen molar-refractivity contribution in [3.8, 4) is 0 Å². The molecule has 0 amide bonds. The topological polar surface area (TPSA) is 24.9 Å². The Morgan fingerprint density at radius 3 is 2.40 bits per heavy atom. The van der Waals surface area contributed by atoms with E-state index in [0.717, 1.165) is 28.4 Å². The summed E-state index contributed by atoms with van der Waals surface area (Å²) >= 11 is 1.50. The number of nitrogens with zero attached hydrogens (tertiary/aromatic N) is 1. The number of rotatable bonds is 4. The first-order valence-electron chi connectivity index (χ1n) is 6.70. The number of thiazole rings is 1. The molecule has 0 aliphatic heterocycles. The molecule has 1 aliphatic rings. The molecular formula is C15H16F2N2S. The number of halogens is 2. The van der Waals surface area contributed by atoms with E-state index in [0.29, 0.717) is 6.04 Å². The summed E-state index contributed by atoms with van der Waals surface area (Å²) in [5.41, 5.74) is 0.998. The lowest BCUT2D eigenvalue weighted by atomic mass is 10.1. The van der Waals surface area contributed by atoms with E-state index in [2.05, 4.69) is 10.3 Å². The molecule has 0 spiro atoms. The van der Waals surface area contributed by atoms with E-state index < -0.39 is 17.7 Å². The largest absolute Gasteiger partial charge is 0.301 e. The Hall–Kier alpha value is -1.33. The Labute approximate surface area is 120 Å². The van der Waals surface area contributed by atoms with Crippen molar-refractivity contribution >= 4 is 11.3 Å². The molecule has 2 nitrogen and oxygen atoms in total. The minimum atomic E-state index is -0.520. The van der Waals surface area contributed by atoms with Crippen molar-refractivity contribution in [3.05, 3.63) is 51.0 Å². The normalized spacial score (nSPS) is 16.4. The van der Waals surface area contributed by atoms with Gasteiger partial charge in [-0.2, -0.15) is 0 Å². The van der Waals surface area contributed by atoms with Crippen LogP contribution in [0.5, 0.6) is 0 Å². The third-order valence-electron chi connectivity index (χ3n) is 3.56. The smallest absolute Gasteiger partial charge is 0.131 e. The molecule has 1 heterocycles. The summed E-state index contributed by atoms with van der Waals surface area (Å²) in [5, 5.41) is 4.05. The molecule has 1 unspecified atom stereocenters. The first-order valence-corrected chi connectivity index (χ1v) is 7.52.